The van der Waals surface area contributed by atoms with E-state index in [2.05, 4.69) is 4.72 Å². The fourth-order valence-corrected chi connectivity index (χ4v) is 4.35. The summed E-state index contributed by atoms with van der Waals surface area (Å²) in [5, 5.41) is 1.92. The maximum Gasteiger partial charge on any atom is 0.416 e. The van der Waals surface area contributed by atoms with Crippen molar-refractivity contribution >= 4 is 21.4 Å². The minimum absolute atomic E-state index is 0.109. The lowest BCUT2D eigenvalue weighted by atomic mass is 10.1. The van der Waals surface area contributed by atoms with Gasteiger partial charge in [0.25, 0.3) is 0 Å². The number of nitrogens with zero attached hydrogens (tertiary/aromatic N) is 1. The number of nitrogens with one attached hydrogen (secondary N) is 1. The van der Waals surface area contributed by atoms with E-state index in [1.807, 2.05) is 36.5 Å². The Morgan fingerprint density at radius 3 is 2.28 bits per heavy atom. The van der Waals surface area contributed by atoms with Crippen molar-refractivity contribution in [2.24, 2.45) is 0 Å². The predicted molar refractivity (Wildman–Crippen MR) is 92.8 cm³/mol. The Labute approximate surface area is 149 Å². The molecular formula is C16H19F3N2O2S2. The first-order valence-electron chi connectivity index (χ1n) is 7.42. The van der Waals surface area contributed by atoms with E-state index < -0.39 is 21.8 Å². The topological polar surface area (TPSA) is 49.4 Å². The first kappa shape index (κ1) is 19.9. The molecule has 2 aromatic rings. The molecule has 2 rings (SSSR count). The summed E-state index contributed by atoms with van der Waals surface area (Å²) in [6, 6.07) is 7.86. The Balaban J connectivity index is 2.02. The van der Waals surface area contributed by atoms with Crippen LogP contribution in [-0.2, 0) is 22.0 Å². The minimum Gasteiger partial charge on any atom is -0.300 e. The quantitative estimate of drug-likeness (QED) is 0.785. The number of halogens is 3. The van der Waals surface area contributed by atoms with Gasteiger partial charge in [-0.15, -0.1) is 11.3 Å². The molecule has 0 aliphatic heterocycles. The van der Waals surface area contributed by atoms with Crippen LogP contribution in [-0.4, -0.2) is 34.0 Å². The van der Waals surface area contributed by atoms with Crippen LogP contribution in [0, 0.1) is 0 Å². The van der Waals surface area contributed by atoms with Crippen LogP contribution in [0.5, 0.6) is 0 Å². The van der Waals surface area contributed by atoms with Crippen molar-refractivity contribution in [3.05, 3.63) is 57.8 Å². The Kier molecular flexibility index (Phi) is 6.26. The van der Waals surface area contributed by atoms with E-state index in [1.165, 1.54) is 23.5 Å². The van der Waals surface area contributed by atoms with Crippen LogP contribution in [0.2, 0.25) is 0 Å². The van der Waals surface area contributed by atoms with Crippen molar-refractivity contribution < 1.29 is 21.6 Å². The highest BCUT2D eigenvalue weighted by Gasteiger charge is 2.30. The number of benzene rings is 1. The first-order chi connectivity index (χ1) is 11.6. The van der Waals surface area contributed by atoms with Crippen molar-refractivity contribution in [3.8, 4) is 0 Å². The Morgan fingerprint density at radius 2 is 1.80 bits per heavy atom. The summed E-state index contributed by atoms with van der Waals surface area (Å²) in [4.78, 5) is 2.94. The summed E-state index contributed by atoms with van der Waals surface area (Å²) in [5.41, 5.74) is -0.495. The van der Waals surface area contributed by atoms with Crippen LogP contribution in [0.15, 0.2) is 41.8 Å². The number of hydrogen-bond donors (Lipinski definition) is 1. The average molecular weight is 392 g/mol. The fourth-order valence-electron chi connectivity index (χ4n) is 2.28. The molecule has 0 fully saturated rings. The van der Waals surface area contributed by atoms with Crippen LogP contribution < -0.4 is 4.72 Å². The SMILES string of the molecule is CN(C)[C@@H](CNS(=O)(=O)Cc1ccc(C(F)(F)F)cc1)c1cccs1. The molecular weight excluding hydrogens is 373 g/mol. The number of rotatable bonds is 7. The summed E-state index contributed by atoms with van der Waals surface area (Å²) in [6.07, 6.45) is -4.44. The van der Waals surface area contributed by atoms with Gasteiger partial charge in [-0.25, -0.2) is 13.1 Å². The van der Waals surface area contributed by atoms with Gasteiger partial charge in [-0.2, -0.15) is 13.2 Å². The molecule has 0 aliphatic rings. The Bertz CT molecular complexity index is 771. The lowest BCUT2D eigenvalue weighted by Crippen LogP contribution is -2.34. The van der Waals surface area contributed by atoms with E-state index in [-0.39, 0.29) is 18.3 Å². The molecule has 0 radical (unpaired) electrons. The van der Waals surface area contributed by atoms with Crippen molar-refractivity contribution in [1.82, 2.24) is 9.62 Å². The molecule has 0 bridgehead atoms. The third-order valence-corrected chi connectivity index (χ3v) is 5.92. The molecule has 9 heteroatoms. The zero-order valence-electron chi connectivity index (χ0n) is 13.7. The highest BCUT2D eigenvalue weighted by molar-refractivity contribution is 7.88. The molecule has 1 N–H and O–H groups in total. The van der Waals surface area contributed by atoms with Crippen LogP contribution in [0.25, 0.3) is 0 Å². The van der Waals surface area contributed by atoms with E-state index in [0.717, 1.165) is 17.0 Å². The molecule has 1 aromatic carbocycles. The molecule has 1 aromatic heterocycles. The fraction of sp³-hybridized carbons (Fsp3) is 0.375. The number of sulfonamides is 1. The molecule has 0 saturated carbocycles. The summed E-state index contributed by atoms with van der Waals surface area (Å²) < 4.78 is 64.6. The third-order valence-electron chi connectivity index (χ3n) is 3.63. The van der Waals surface area contributed by atoms with E-state index in [1.54, 1.807) is 0 Å². The van der Waals surface area contributed by atoms with Gasteiger partial charge in [0.05, 0.1) is 17.4 Å². The molecule has 0 spiro atoms. The molecule has 0 saturated heterocycles. The standard InChI is InChI=1S/C16H19F3N2O2S2/c1-21(2)14(15-4-3-9-24-15)10-20-25(22,23)11-12-5-7-13(8-6-12)16(17,18)19/h3-9,14,20H,10-11H2,1-2H3/t14-/m0/s1. The van der Waals surface area contributed by atoms with Gasteiger partial charge < -0.3 is 4.90 Å². The average Bonchev–Trinajstić information content (AvgIpc) is 3.00. The number of alkyl halides is 3. The van der Waals surface area contributed by atoms with Crippen LogP contribution in [0.1, 0.15) is 22.0 Å². The van der Waals surface area contributed by atoms with Gasteiger partial charge in [0.15, 0.2) is 0 Å². The second kappa shape index (κ2) is 7.86. The molecule has 0 unspecified atom stereocenters. The van der Waals surface area contributed by atoms with Gasteiger partial charge in [-0.05, 0) is 43.2 Å². The maximum absolute atomic E-state index is 12.5. The van der Waals surface area contributed by atoms with Gasteiger partial charge in [0.2, 0.25) is 10.0 Å². The van der Waals surface area contributed by atoms with Crippen LogP contribution in [0.4, 0.5) is 13.2 Å². The molecule has 25 heavy (non-hydrogen) atoms. The smallest absolute Gasteiger partial charge is 0.300 e. The second-order valence-electron chi connectivity index (χ2n) is 5.80. The normalized spacial score (nSPS) is 14.0. The molecule has 0 aliphatic carbocycles. The predicted octanol–water partition coefficient (Wildman–Crippen LogP) is 3.49. The van der Waals surface area contributed by atoms with E-state index in [4.69, 9.17) is 0 Å². The summed E-state index contributed by atoms with van der Waals surface area (Å²) in [6.45, 7) is 0.191. The Hall–Kier alpha value is -1.42. The van der Waals surface area contributed by atoms with Gasteiger partial charge in [0, 0.05) is 11.4 Å². The minimum atomic E-state index is -4.44. The first-order valence-corrected chi connectivity index (χ1v) is 9.95. The summed E-state index contributed by atoms with van der Waals surface area (Å²) in [5.74, 6) is -0.365. The lowest BCUT2D eigenvalue weighted by molar-refractivity contribution is -0.137. The van der Waals surface area contributed by atoms with Crippen molar-refractivity contribution in [3.63, 3.8) is 0 Å². The van der Waals surface area contributed by atoms with E-state index in [9.17, 15) is 21.6 Å². The molecule has 138 valence electrons. The van der Waals surface area contributed by atoms with Crippen molar-refractivity contribution in [2.75, 3.05) is 20.6 Å². The monoisotopic (exact) mass is 392 g/mol. The van der Waals surface area contributed by atoms with Crippen molar-refractivity contribution in [2.45, 2.75) is 18.0 Å². The van der Waals surface area contributed by atoms with Crippen molar-refractivity contribution in [1.29, 1.82) is 0 Å². The lowest BCUT2D eigenvalue weighted by Gasteiger charge is -2.23. The second-order valence-corrected chi connectivity index (χ2v) is 8.58. The summed E-state index contributed by atoms with van der Waals surface area (Å²) in [7, 11) is 0.0555. The van der Waals surface area contributed by atoms with Gasteiger partial charge in [0.1, 0.15) is 0 Å². The van der Waals surface area contributed by atoms with Gasteiger partial charge in [-0.3, -0.25) is 0 Å². The number of likely N-dealkylation sites (N-methyl/N-ethyl adjacent to an activating group) is 1. The largest absolute Gasteiger partial charge is 0.416 e. The zero-order chi connectivity index (χ0) is 18.7. The van der Waals surface area contributed by atoms with E-state index in [0.29, 0.717) is 5.56 Å². The molecule has 4 nitrogen and oxygen atoms in total. The molecule has 1 heterocycles. The molecule has 1 atom stereocenters. The number of hydrogen-bond acceptors (Lipinski definition) is 4. The third kappa shape index (κ3) is 5.81. The van der Waals surface area contributed by atoms with Gasteiger partial charge in [-0.1, -0.05) is 18.2 Å². The van der Waals surface area contributed by atoms with Gasteiger partial charge >= 0.3 is 6.18 Å². The van der Waals surface area contributed by atoms with E-state index >= 15 is 0 Å². The maximum atomic E-state index is 12.5. The number of thiophene rings is 1. The van der Waals surface area contributed by atoms with Crippen LogP contribution >= 0.6 is 11.3 Å². The highest BCUT2D eigenvalue weighted by Crippen LogP contribution is 2.29. The molecule has 0 amide bonds. The Morgan fingerprint density at radius 1 is 1.16 bits per heavy atom. The highest BCUT2D eigenvalue weighted by atomic mass is 32.2. The van der Waals surface area contributed by atoms with Crippen LogP contribution in [0.3, 0.4) is 0 Å². The summed E-state index contributed by atoms with van der Waals surface area (Å²) >= 11 is 1.53. The zero-order valence-corrected chi connectivity index (χ0v) is 15.4.